The Morgan fingerprint density at radius 3 is 2.39 bits per heavy atom. The Morgan fingerprint density at radius 2 is 1.65 bits per heavy atom. The molecule has 0 radical (unpaired) electrons. The average Bonchev–Trinajstić information content (AvgIpc) is 2.85. The molecule has 1 saturated heterocycles. The van der Waals surface area contributed by atoms with Crippen LogP contribution in [0.15, 0.2) is 24.4 Å². The summed E-state index contributed by atoms with van der Waals surface area (Å²) >= 11 is 0. The minimum absolute atomic E-state index is 0.150. The van der Waals surface area contributed by atoms with Crippen molar-refractivity contribution < 1.29 is 13.2 Å². The van der Waals surface area contributed by atoms with E-state index in [0.29, 0.717) is 0 Å². The van der Waals surface area contributed by atoms with Crippen molar-refractivity contribution in [1.82, 2.24) is 9.97 Å². The monoisotopic (exact) mass is 322 g/mol. The fourth-order valence-corrected chi connectivity index (χ4v) is 2.63. The third kappa shape index (κ3) is 3.55. The molecule has 1 aliphatic rings. The van der Waals surface area contributed by atoms with Crippen molar-refractivity contribution in [2.75, 3.05) is 23.3 Å². The number of hydrogen-bond acceptors (Lipinski definition) is 4. The van der Waals surface area contributed by atoms with Gasteiger partial charge in [-0.25, -0.2) is 18.2 Å². The van der Waals surface area contributed by atoms with E-state index in [1.54, 1.807) is 12.3 Å². The van der Waals surface area contributed by atoms with E-state index >= 15 is 0 Å². The third-order valence-electron chi connectivity index (χ3n) is 3.85. The van der Waals surface area contributed by atoms with Crippen molar-refractivity contribution in [3.8, 4) is 0 Å². The summed E-state index contributed by atoms with van der Waals surface area (Å²) in [5.41, 5.74) is -0.197. The molecule has 4 nitrogen and oxygen atoms in total. The minimum Gasteiger partial charge on any atom is -0.356 e. The summed E-state index contributed by atoms with van der Waals surface area (Å²) in [4.78, 5) is 10.5. The lowest BCUT2D eigenvalue weighted by Gasteiger charge is -2.21. The average molecular weight is 322 g/mol. The van der Waals surface area contributed by atoms with Crippen LogP contribution in [0.2, 0.25) is 0 Å². The van der Waals surface area contributed by atoms with Crippen LogP contribution in [0.25, 0.3) is 0 Å². The summed E-state index contributed by atoms with van der Waals surface area (Å²) in [6.45, 7) is 1.83. The van der Waals surface area contributed by atoms with E-state index in [1.807, 2.05) is 0 Å². The Balaban J connectivity index is 1.81. The van der Waals surface area contributed by atoms with Crippen molar-refractivity contribution in [2.45, 2.75) is 25.7 Å². The maximum Gasteiger partial charge on any atom is 0.229 e. The van der Waals surface area contributed by atoms with Crippen LogP contribution in [0.4, 0.5) is 30.6 Å². The number of halogens is 3. The third-order valence-corrected chi connectivity index (χ3v) is 3.85. The van der Waals surface area contributed by atoms with Gasteiger partial charge < -0.3 is 10.2 Å². The maximum absolute atomic E-state index is 13.7. The number of anilines is 3. The van der Waals surface area contributed by atoms with E-state index in [2.05, 4.69) is 20.2 Å². The van der Waals surface area contributed by atoms with Gasteiger partial charge in [0.1, 0.15) is 5.82 Å². The lowest BCUT2D eigenvalue weighted by Crippen LogP contribution is -2.25. The minimum atomic E-state index is -1.52. The number of hydrogen-bond donors (Lipinski definition) is 1. The molecule has 0 saturated carbocycles. The molecule has 122 valence electrons. The second-order valence-corrected chi connectivity index (χ2v) is 5.49. The lowest BCUT2D eigenvalue weighted by molar-refractivity contribution is 0.449. The highest BCUT2D eigenvalue weighted by Crippen LogP contribution is 2.23. The van der Waals surface area contributed by atoms with Gasteiger partial charge in [-0.1, -0.05) is 12.8 Å². The fourth-order valence-electron chi connectivity index (χ4n) is 2.63. The molecule has 0 aliphatic carbocycles. The van der Waals surface area contributed by atoms with Gasteiger partial charge in [0.05, 0.1) is 5.69 Å². The normalized spacial score (nSPS) is 15.3. The summed E-state index contributed by atoms with van der Waals surface area (Å²) in [7, 11) is 0. The molecule has 0 amide bonds. The van der Waals surface area contributed by atoms with Crippen LogP contribution in [-0.2, 0) is 0 Å². The van der Waals surface area contributed by atoms with Crippen molar-refractivity contribution in [3.63, 3.8) is 0 Å². The van der Waals surface area contributed by atoms with Crippen LogP contribution >= 0.6 is 0 Å². The number of aromatic nitrogens is 2. The molecule has 1 aromatic carbocycles. The molecule has 2 aromatic rings. The highest BCUT2D eigenvalue weighted by atomic mass is 19.2. The first-order chi connectivity index (χ1) is 11.1. The van der Waals surface area contributed by atoms with Gasteiger partial charge in [-0.2, -0.15) is 4.98 Å². The van der Waals surface area contributed by atoms with Gasteiger partial charge >= 0.3 is 0 Å². The van der Waals surface area contributed by atoms with Crippen LogP contribution in [0.3, 0.4) is 0 Å². The van der Waals surface area contributed by atoms with E-state index in [0.717, 1.165) is 43.9 Å². The van der Waals surface area contributed by atoms with Gasteiger partial charge in [0, 0.05) is 19.3 Å². The zero-order valence-corrected chi connectivity index (χ0v) is 12.5. The first-order valence-electron chi connectivity index (χ1n) is 7.63. The SMILES string of the molecule is Fc1ccc(Nc2nccc(N3CCCCCC3)n2)c(F)c1F. The Labute approximate surface area is 132 Å². The van der Waals surface area contributed by atoms with Crippen LogP contribution in [0, 0.1) is 17.5 Å². The summed E-state index contributed by atoms with van der Waals surface area (Å²) < 4.78 is 39.9. The topological polar surface area (TPSA) is 41.1 Å². The molecule has 1 aromatic heterocycles. The quantitative estimate of drug-likeness (QED) is 0.867. The molecule has 0 spiro atoms. The maximum atomic E-state index is 13.7. The van der Waals surface area contributed by atoms with Gasteiger partial charge in [0.25, 0.3) is 0 Å². The van der Waals surface area contributed by atoms with Crippen LogP contribution in [0.1, 0.15) is 25.7 Å². The molecule has 2 heterocycles. The molecule has 23 heavy (non-hydrogen) atoms. The largest absolute Gasteiger partial charge is 0.356 e. The zero-order valence-electron chi connectivity index (χ0n) is 12.5. The molecular weight excluding hydrogens is 305 g/mol. The molecule has 7 heteroatoms. The summed E-state index contributed by atoms with van der Waals surface area (Å²) in [5, 5.41) is 2.60. The van der Waals surface area contributed by atoms with E-state index in [9.17, 15) is 13.2 Å². The molecule has 1 N–H and O–H groups in total. The van der Waals surface area contributed by atoms with E-state index < -0.39 is 17.5 Å². The molecule has 1 fully saturated rings. The van der Waals surface area contributed by atoms with E-state index in [4.69, 9.17) is 0 Å². The standard InChI is InChI=1S/C16H17F3N4/c17-11-5-6-12(15(19)14(11)18)21-16-20-8-7-13(22-16)23-9-3-1-2-4-10-23/h5-8H,1-4,9-10H2,(H,20,21,22). The van der Waals surface area contributed by atoms with E-state index in [-0.39, 0.29) is 11.6 Å². The molecule has 1 aliphatic heterocycles. The predicted molar refractivity (Wildman–Crippen MR) is 82.3 cm³/mol. The second kappa shape index (κ2) is 6.85. The van der Waals surface area contributed by atoms with Gasteiger partial charge in [-0.3, -0.25) is 0 Å². The highest BCUT2D eigenvalue weighted by molar-refractivity contribution is 5.56. The molecule has 0 atom stereocenters. The fraction of sp³-hybridized carbons (Fsp3) is 0.375. The molecule has 0 bridgehead atoms. The first-order valence-corrected chi connectivity index (χ1v) is 7.63. The Morgan fingerprint density at radius 1 is 0.913 bits per heavy atom. The summed E-state index contributed by atoms with van der Waals surface area (Å²) in [6.07, 6.45) is 6.17. The smallest absolute Gasteiger partial charge is 0.229 e. The Bertz CT molecular complexity index is 685. The first kappa shape index (κ1) is 15.6. The van der Waals surface area contributed by atoms with Crippen molar-refractivity contribution in [3.05, 3.63) is 41.8 Å². The molecule has 0 unspecified atom stereocenters. The number of benzene rings is 1. The number of rotatable bonds is 3. The summed E-state index contributed by atoms with van der Waals surface area (Å²) in [6, 6.07) is 3.77. The highest BCUT2D eigenvalue weighted by Gasteiger charge is 2.15. The van der Waals surface area contributed by atoms with Gasteiger partial charge in [0.15, 0.2) is 17.5 Å². The van der Waals surface area contributed by atoms with Gasteiger partial charge in [-0.15, -0.1) is 0 Å². The molecule has 3 rings (SSSR count). The van der Waals surface area contributed by atoms with Gasteiger partial charge in [-0.05, 0) is 31.0 Å². The Kier molecular flexibility index (Phi) is 4.64. The predicted octanol–water partition coefficient (Wildman–Crippen LogP) is 4.02. The van der Waals surface area contributed by atoms with Crippen molar-refractivity contribution in [2.24, 2.45) is 0 Å². The van der Waals surface area contributed by atoms with Gasteiger partial charge in [0.2, 0.25) is 5.95 Å². The van der Waals surface area contributed by atoms with Crippen molar-refractivity contribution in [1.29, 1.82) is 0 Å². The number of nitrogens with zero attached hydrogens (tertiary/aromatic N) is 3. The van der Waals surface area contributed by atoms with Crippen LogP contribution < -0.4 is 10.2 Å². The molecular formula is C16H17F3N4. The van der Waals surface area contributed by atoms with Crippen LogP contribution in [0.5, 0.6) is 0 Å². The Hall–Kier alpha value is -2.31. The zero-order chi connectivity index (χ0) is 16.2. The summed E-state index contributed by atoms with van der Waals surface area (Å²) in [5.74, 6) is -3.14. The van der Waals surface area contributed by atoms with E-state index in [1.165, 1.54) is 12.8 Å². The van der Waals surface area contributed by atoms with Crippen LogP contribution in [-0.4, -0.2) is 23.1 Å². The van der Waals surface area contributed by atoms with Crippen molar-refractivity contribution >= 4 is 17.5 Å². The second-order valence-electron chi connectivity index (χ2n) is 5.49. The lowest BCUT2D eigenvalue weighted by atomic mass is 10.2. The number of nitrogens with one attached hydrogen (secondary N) is 1.